The molecule has 0 aliphatic rings. The molecule has 3 nitrogen and oxygen atoms in total. The van der Waals surface area contributed by atoms with Crippen LogP contribution in [0.2, 0.25) is 5.22 Å². The molecule has 1 heterocycles. The largest absolute Gasteiger partial charge is 0.448 e. The van der Waals surface area contributed by atoms with Crippen molar-refractivity contribution in [2.75, 3.05) is 5.88 Å². The molecule has 84 valence electrons. The van der Waals surface area contributed by atoms with E-state index in [-0.39, 0.29) is 17.8 Å². The van der Waals surface area contributed by atoms with Gasteiger partial charge in [0.05, 0.1) is 6.54 Å². The van der Waals surface area contributed by atoms with Crippen LogP contribution in [0.3, 0.4) is 0 Å². The van der Waals surface area contributed by atoms with Gasteiger partial charge in [-0.25, -0.2) is 0 Å². The van der Waals surface area contributed by atoms with Gasteiger partial charge in [-0.05, 0) is 37.6 Å². The molecule has 1 amide bonds. The van der Waals surface area contributed by atoms with Gasteiger partial charge in [0.1, 0.15) is 11.6 Å². The summed E-state index contributed by atoms with van der Waals surface area (Å²) in [6, 6.07) is 3.49. The summed E-state index contributed by atoms with van der Waals surface area (Å²) < 4.78 is 5.19. The van der Waals surface area contributed by atoms with Crippen molar-refractivity contribution in [3.8, 4) is 0 Å². The summed E-state index contributed by atoms with van der Waals surface area (Å²) in [6.07, 6.45) is 0. The first kappa shape index (κ1) is 12.4. The number of nitrogens with zero attached hydrogens (tertiary/aromatic N) is 1. The average molecular weight is 250 g/mol. The van der Waals surface area contributed by atoms with Crippen molar-refractivity contribution in [2.24, 2.45) is 0 Å². The fraction of sp³-hybridized carbons (Fsp3) is 0.500. The van der Waals surface area contributed by atoms with Crippen molar-refractivity contribution in [1.29, 1.82) is 0 Å². The molecule has 0 aliphatic carbocycles. The second-order valence-electron chi connectivity index (χ2n) is 3.45. The molecule has 0 unspecified atom stereocenters. The van der Waals surface area contributed by atoms with Crippen molar-refractivity contribution in [3.63, 3.8) is 0 Å². The van der Waals surface area contributed by atoms with E-state index in [1.54, 1.807) is 17.0 Å². The predicted octanol–water partition coefficient (Wildman–Crippen LogP) is 2.91. The molecule has 0 aromatic carbocycles. The highest BCUT2D eigenvalue weighted by Gasteiger charge is 2.17. The van der Waals surface area contributed by atoms with Crippen molar-refractivity contribution in [1.82, 2.24) is 4.90 Å². The number of hydrogen-bond acceptors (Lipinski definition) is 2. The number of carbonyl (C=O) groups is 1. The lowest BCUT2D eigenvalue weighted by atomic mass is 10.3. The molecule has 0 bridgehead atoms. The fourth-order valence-corrected chi connectivity index (χ4v) is 1.56. The lowest BCUT2D eigenvalue weighted by Gasteiger charge is -2.24. The SMILES string of the molecule is CC(C)N(Cc1ccc(Cl)o1)C(=O)CCl. The number of carbonyl (C=O) groups excluding carboxylic acids is 1. The van der Waals surface area contributed by atoms with Crippen LogP contribution in [0.1, 0.15) is 19.6 Å². The van der Waals surface area contributed by atoms with Crippen LogP contribution in [0.15, 0.2) is 16.5 Å². The summed E-state index contributed by atoms with van der Waals surface area (Å²) in [4.78, 5) is 13.1. The normalized spacial score (nSPS) is 10.7. The maximum Gasteiger partial charge on any atom is 0.238 e. The summed E-state index contributed by atoms with van der Waals surface area (Å²) >= 11 is 11.2. The van der Waals surface area contributed by atoms with Crippen molar-refractivity contribution in [3.05, 3.63) is 23.1 Å². The molecule has 1 aromatic heterocycles. The molecule has 1 aromatic rings. The molecule has 0 saturated heterocycles. The Morgan fingerprint density at radius 2 is 2.20 bits per heavy atom. The van der Waals surface area contributed by atoms with Crippen molar-refractivity contribution >= 4 is 29.1 Å². The van der Waals surface area contributed by atoms with E-state index in [4.69, 9.17) is 27.6 Å². The third kappa shape index (κ3) is 3.43. The van der Waals surface area contributed by atoms with Gasteiger partial charge in [0.2, 0.25) is 5.91 Å². The van der Waals surface area contributed by atoms with Crippen molar-refractivity contribution in [2.45, 2.75) is 26.4 Å². The molecular weight excluding hydrogens is 237 g/mol. The second kappa shape index (κ2) is 5.42. The minimum Gasteiger partial charge on any atom is -0.448 e. The molecule has 15 heavy (non-hydrogen) atoms. The van der Waals surface area contributed by atoms with E-state index in [0.717, 1.165) is 0 Å². The van der Waals surface area contributed by atoms with E-state index in [1.165, 1.54) is 0 Å². The summed E-state index contributed by atoms with van der Waals surface area (Å²) in [7, 11) is 0. The van der Waals surface area contributed by atoms with Gasteiger partial charge in [-0.2, -0.15) is 0 Å². The molecule has 1 rings (SSSR count). The Labute approximate surface area is 98.9 Å². The van der Waals surface area contributed by atoms with Gasteiger partial charge in [0.25, 0.3) is 0 Å². The Kier molecular flexibility index (Phi) is 4.48. The summed E-state index contributed by atoms with van der Waals surface area (Å²) in [5.74, 6) is 0.526. The average Bonchev–Trinajstić information content (AvgIpc) is 2.59. The number of furan rings is 1. The summed E-state index contributed by atoms with van der Waals surface area (Å²) in [6.45, 7) is 4.25. The Hall–Kier alpha value is -0.670. The van der Waals surface area contributed by atoms with E-state index in [9.17, 15) is 4.79 Å². The zero-order chi connectivity index (χ0) is 11.4. The third-order valence-corrected chi connectivity index (χ3v) is 2.44. The van der Waals surface area contributed by atoms with Crippen LogP contribution in [0.5, 0.6) is 0 Å². The smallest absolute Gasteiger partial charge is 0.238 e. The fourth-order valence-electron chi connectivity index (χ4n) is 1.24. The molecule has 0 spiro atoms. The van der Waals surface area contributed by atoms with Crippen molar-refractivity contribution < 1.29 is 9.21 Å². The van der Waals surface area contributed by atoms with E-state index in [0.29, 0.717) is 17.5 Å². The number of halogens is 2. The maximum atomic E-state index is 11.5. The van der Waals surface area contributed by atoms with Gasteiger partial charge in [-0.3, -0.25) is 4.79 Å². The second-order valence-corrected chi connectivity index (χ2v) is 4.09. The Bertz CT molecular complexity index is 336. The minimum atomic E-state index is -0.112. The first-order valence-electron chi connectivity index (χ1n) is 4.64. The van der Waals surface area contributed by atoms with Gasteiger partial charge in [-0.1, -0.05) is 0 Å². The monoisotopic (exact) mass is 249 g/mol. The Morgan fingerprint density at radius 3 is 2.60 bits per heavy atom. The lowest BCUT2D eigenvalue weighted by molar-refractivity contribution is -0.131. The van der Waals surface area contributed by atoms with Crippen LogP contribution < -0.4 is 0 Å². The Balaban J connectivity index is 2.71. The van der Waals surface area contributed by atoms with Crippen LogP contribution >= 0.6 is 23.2 Å². The molecule has 0 atom stereocenters. The van der Waals surface area contributed by atoms with E-state index < -0.39 is 0 Å². The molecular formula is C10H13Cl2NO2. The maximum absolute atomic E-state index is 11.5. The molecule has 0 fully saturated rings. The first-order valence-corrected chi connectivity index (χ1v) is 5.55. The zero-order valence-corrected chi connectivity index (χ0v) is 10.2. The third-order valence-electron chi connectivity index (χ3n) is 2.01. The van der Waals surface area contributed by atoms with E-state index in [1.807, 2.05) is 13.8 Å². The van der Waals surface area contributed by atoms with Gasteiger partial charge < -0.3 is 9.32 Å². The Morgan fingerprint density at radius 1 is 1.53 bits per heavy atom. The molecule has 0 saturated carbocycles. The summed E-state index contributed by atoms with van der Waals surface area (Å²) in [5.41, 5.74) is 0. The topological polar surface area (TPSA) is 33.5 Å². The number of amides is 1. The van der Waals surface area contributed by atoms with Gasteiger partial charge >= 0.3 is 0 Å². The molecule has 0 aliphatic heterocycles. The number of alkyl halides is 1. The van der Waals surface area contributed by atoms with Gasteiger partial charge in [0.15, 0.2) is 5.22 Å². The summed E-state index contributed by atoms with van der Waals surface area (Å²) in [5, 5.41) is 0.326. The zero-order valence-electron chi connectivity index (χ0n) is 8.67. The van der Waals surface area contributed by atoms with Gasteiger partial charge in [0, 0.05) is 6.04 Å². The van der Waals surface area contributed by atoms with Crippen LogP contribution in [-0.4, -0.2) is 22.7 Å². The van der Waals surface area contributed by atoms with E-state index >= 15 is 0 Å². The molecule has 5 heteroatoms. The van der Waals surface area contributed by atoms with Crippen LogP contribution in [-0.2, 0) is 11.3 Å². The standard InChI is InChI=1S/C10H13Cl2NO2/c1-7(2)13(10(14)5-11)6-8-3-4-9(12)15-8/h3-4,7H,5-6H2,1-2H3. The van der Waals surface area contributed by atoms with E-state index in [2.05, 4.69) is 0 Å². The van der Waals surface area contributed by atoms with Crippen LogP contribution in [0, 0.1) is 0 Å². The minimum absolute atomic E-state index is 0.0212. The highest BCUT2D eigenvalue weighted by atomic mass is 35.5. The highest BCUT2D eigenvalue weighted by molar-refractivity contribution is 6.28. The number of rotatable bonds is 4. The van der Waals surface area contributed by atoms with Gasteiger partial charge in [-0.15, -0.1) is 11.6 Å². The molecule has 0 N–H and O–H groups in total. The molecule has 0 radical (unpaired) electrons. The van der Waals surface area contributed by atoms with Crippen LogP contribution in [0.4, 0.5) is 0 Å². The number of hydrogen-bond donors (Lipinski definition) is 0. The van der Waals surface area contributed by atoms with Crippen LogP contribution in [0.25, 0.3) is 0 Å². The highest BCUT2D eigenvalue weighted by Crippen LogP contribution is 2.16. The first-order chi connectivity index (χ1) is 7.04. The quantitative estimate of drug-likeness (QED) is 0.770. The lowest BCUT2D eigenvalue weighted by Crippen LogP contribution is -2.37. The predicted molar refractivity (Wildman–Crippen MR) is 60.1 cm³/mol.